The highest BCUT2D eigenvalue weighted by atomic mass is 35.5. The van der Waals surface area contributed by atoms with Crippen LogP contribution in [-0.2, 0) is 6.42 Å². The molecular weight excluding hydrogens is 334 g/mol. The summed E-state index contributed by atoms with van der Waals surface area (Å²) in [7, 11) is 0. The van der Waals surface area contributed by atoms with Gasteiger partial charge in [-0.3, -0.25) is 4.79 Å². The molecule has 0 unspecified atom stereocenters. The molecule has 25 heavy (non-hydrogen) atoms. The lowest BCUT2D eigenvalue weighted by Gasteiger charge is -2.56. The van der Waals surface area contributed by atoms with Gasteiger partial charge in [0, 0.05) is 13.2 Å². The predicted molar refractivity (Wildman–Crippen MR) is 99.8 cm³/mol. The van der Waals surface area contributed by atoms with Crippen LogP contribution < -0.4 is 5.32 Å². The molecule has 3 nitrogen and oxygen atoms in total. The van der Waals surface area contributed by atoms with Gasteiger partial charge in [0.25, 0.3) is 5.91 Å². The van der Waals surface area contributed by atoms with Crippen molar-refractivity contribution in [1.29, 1.82) is 0 Å². The molecule has 5 rings (SSSR count). The molecule has 0 aromatic heterocycles. The molecule has 136 valence electrons. The monoisotopic (exact) mass is 361 g/mol. The van der Waals surface area contributed by atoms with E-state index in [2.05, 4.69) is 5.32 Å². The van der Waals surface area contributed by atoms with Crippen molar-refractivity contribution >= 4 is 17.5 Å². The number of hydrogen-bond donors (Lipinski definition) is 2. The van der Waals surface area contributed by atoms with Gasteiger partial charge in [0.1, 0.15) is 0 Å². The molecule has 0 spiro atoms. The molecule has 4 aliphatic carbocycles. The van der Waals surface area contributed by atoms with Crippen molar-refractivity contribution in [2.24, 2.45) is 23.2 Å². The summed E-state index contributed by atoms with van der Waals surface area (Å²) in [6.07, 6.45) is 9.62. The van der Waals surface area contributed by atoms with E-state index in [1.165, 1.54) is 38.5 Å². The average molecular weight is 362 g/mol. The van der Waals surface area contributed by atoms with Gasteiger partial charge in [-0.2, -0.15) is 0 Å². The van der Waals surface area contributed by atoms with Crippen molar-refractivity contribution in [2.75, 3.05) is 13.2 Å². The minimum absolute atomic E-state index is 0.0495. The fourth-order valence-electron chi connectivity index (χ4n) is 6.05. The smallest absolute Gasteiger partial charge is 0.252 e. The molecule has 4 saturated carbocycles. The highest BCUT2D eigenvalue weighted by Gasteiger charge is 2.50. The number of aryl methyl sites for hydroxylation is 1. The normalized spacial score (nSPS) is 32.8. The van der Waals surface area contributed by atoms with Crippen molar-refractivity contribution in [3.05, 3.63) is 34.3 Å². The van der Waals surface area contributed by atoms with E-state index in [0.29, 0.717) is 22.4 Å². The Hall–Kier alpha value is -1.06. The van der Waals surface area contributed by atoms with Gasteiger partial charge in [0.05, 0.1) is 10.6 Å². The van der Waals surface area contributed by atoms with Gasteiger partial charge in [-0.05, 0) is 92.2 Å². The summed E-state index contributed by atoms with van der Waals surface area (Å²) in [6, 6.07) is 5.62. The number of halogens is 1. The number of hydrogen-bond acceptors (Lipinski definition) is 2. The summed E-state index contributed by atoms with van der Waals surface area (Å²) in [6.45, 7) is 0.961. The van der Waals surface area contributed by atoms with Crippen molar-refractivity contribution in [3.8, 4) is 0 Å². The second kappa shape index (κ2) is 6.92. The number of aliphatic hydroxyl groups excluding tert-OH is 1. The molecule has 1 amide bonds. The topological polar surface area (TPSA) is 49.3 Å². The highest BCUT2D eigenvalue weighted by molar-refractivity contribution is 6.33. The van der Waals surface area contributed by atoms with Crippen molar-refractivity contribution in [1.82, 2.24) is 5.32 Å². The zero-order chi connectivity index (χ0) is 17.4. The maximum atomic E-state index is 12.7. The first kappa shape index (κ1) is 17.4. The maximum Gasteiger partial charge on any atom is 0.252 e. The standard InChI is InChI=1S/C21H28ClNO2/c22-19-4-3-14(2-1-5-24)9-18(19)20(25)23-13-21-10-15-6-16(11-21)8-17(7-15)12-21/h3-4,9,15-17,24H,1-2,5-8,10-13H2,(H,23,25). The molecule has 4 aliphatic rings. The molecule has 4 bridgehead atoms. The van der Waals surface area contributed by atoms with Gasteiger partial charge >= 0.3 is 0 Å². The number of carbonyl (C=O) groups excluding carboxylic acids is 1. The first-order chi connectivity index (χ1) is 12.1. The van der Waals surface area contributed by atoms with Gasteiger partial charge in [0.15, 0.2) is 0 Å². The number of amides is 1. The summed E-state index contributed by atoms with van der Waals surface area (Å²) in [5.74, 6) is 2.64. The molecule has 2 N–H and O–H groups in total. The molecule has 0 aliphatic heterocycles. The lowest BCUT2D eigenvalue weighted by atomic mass is 9.49. The Morgan fingerprint density at radius 2 is 1.80 bits per heavy atom. The first-order valence-corrected chi connectivity index (χ1v) is 10.1. The van der Waals surface area contributed by atoms with Crippen LogP contribution in [0.2, 0.25) is 5.02 Å². The molecular formula is C21H28ClNO2. The SMILES string of the molecule is O=C(NCC12CC3CC(CC(C3)C1)C2)c1cc(CCCO)ccc1Cl. The average Bonchev–Trinajstić information content (AvgIpc) is 2.58. The van der Waals surface area contributed by atoms with E-state index in [-0.39, 0.29) is 12.5 Å². The molecule has 0 heterocycles. The third-order valence-electron chi connectivity index (χ3n) is 6.69. The summed E-state index contributed by atoms with van der Waals surface area (Å²) in [5.41, 5.74) is 1.96. The third-order valence-corrected chi connectivity index (χ3v) is 7.02. The van der Waals surface area contributed by atoms with Gasteiger partial charge < -0.3 is 10.4 Å². The maximum absolute atomic E-state index is 12.7. The summed E-state index contributed by atoms with van der Waals surface area (Å²) < 4.78 is 0. The van der Waals surface area contributed by atoms with E-state index in [1.807, 2.05) is 12.1 Å². The summed E-state index contributed by atoms with van der Waals surface area (Å²) >= 11 is 6.27. The molecule has 0 atom stereocenters. The predicted octanol–water partition coefficient (Wildman–Crippen LogP) is 4.21. The fourth-order valence-corrected chi connectivity index (χ4v) is 6.26. The van der Waals surface area contributed by atoms with Gasteiger partial charge in [-0.1, -0.05) is 17.7 Å². The largest absolute Gasteiger partial charge is 0.396 e. The van der Waals surface area contributed by atoms with Crippen LogP contribution in [-0.4, -0.2) is 24.2 Å². The summed E-state index contributed by atoms with van der Waals surface area (Å²) in [5, 5.41) is 12.7. The van der Waals surface area contributed by atoms with Crippen LogP contribution in [0.4, 0.5) is 0 Å². The molecule has 1 aromatic rings. The van der Waals surface area contributed by atoms with Gasteiger partial charge in [-0.25, -0.2) is 0 Å². The number of carbonyl (C=O) groups is 1. The minimum atomic E-state index is -0.0495. The van der Waals surface area contributed by atoms with Crippen LogP contribution >= 0.6 is 11.6 Å². The van der Waals surface area contributed by atoms with E-state index in [1.54, 1.807) is 6.07 Å². The fraction of sp³-hybridized carbons (Fsp3) is 0.667. The molecule has 4 fully saturated rings. The Kier molecular flexibility index (Phi) is 4.81. The second-order valence-corrected chi connectivity index (χ2v) is 9.15. The second-order valence-electron chi connectivity index (χ2n) is 8.74. The Morgan fingerprint density at radius 1 is 1.16 bits per heavy atom. The van der Waals surface area contributed by atoms with Crippen LogP contribution in [0, 0.1) is 23.2 Å². The lowest BCUT2D eigenvalue weighted by molar-refractivity contribution is -0.0503. The van der Waals surface area contributed by atoms with E-state index in [9.17, 15) is 4.79 Å². The van der Waals surface area contributed by atoms with Crippen LogP contribution in [0.1, 0.15) is 60.9 Å². The third kappa shape index (κ3) is 3.59. The van der Waals surface area contributed by atoms with Gasteiger partial charge in [-0.15, -0.1) is 0 Å². The lowest BCUT2D eigenvalue weighted by Crippen LogP contribution is -2.51. The summed E-state index contributed by atoms with van der Waals surface area (Å²) in [4.78, 5) is 12.7. The van der Waals surface area contributed by atoms with E-state index < -0.39 is 0 Å². The van der Waals surface area contributed by atoms with Gasteiger partial charge in [0.2, 0.25) is 0 Å². The van der Waals surface area contributed by atoms with E-state index in [4.69, 9.17) is 16.7 Å². The molecule has 1 aromatic carbocycles. The zero-order valence-corrected chi connectivity index (χ0v) is 15.5. The van der Waals surface area contributed by atoms with Crippen molar-refractivity contribution < 1.29 is 9.90 Å². The van der Waals surface area contributed by atoms with Crippen LogP contribution in [0.5, 0.6) is 0 Å². The Bertz CT molecular complexity index is 622. The van der Waals surface area contributed by atoms with Crippen molar-refractivity contribution in [2.45, 2.75) is 51.4 Å². The number of nitrogens with one attached hydrogen (secondary N) is 1. The quantitative estimate of drug-likeness (QED) is 0.797. The Balaban J connectivity index is 1.42. The van der Waals surface area contributed by atoms with Crippen LogP contribution in [0.15, 0.2) is 18.2 Å². The zero-order valence-electron chi connectivity index (χ0n) is 14.8. The first-order valence-electron chi connectivity index (χ1n) is 9.74. The molecule has 4 heteroatoms. The van der Waals surface area contributed by atoms with Crippen LogP contribution in [0.3, 0.4) is 0 Å². The minimum Gasteiger partial charge on any atom is -0.396 e. The van der Waals surface area contributed by atoms with E-state index in [0.717, 1.165) is 36.3 Å². The Morgan fingerprint density at radius 3 is 2.40 bits per heavy atom. The number of rotatable bonds is 6. The molecule has 0 saturated heterocycles. The number of aliphatic hydroxyl groups is 1. The van der Waals surface area contributed by atoms with Crippen LogP contribution in [0.25, 0.3) is 0 Å². The van der Waals surface area contributed by atoms with Crippen molar-refractivity contribution in [3.63, 3.8) is 0 Å². The number of benzene rings is 1. The van der Waals surface area contributed by atoms with E-state index >= 15 is 0 Å². The molecule has 0 radical (unpaired) electrons. The Labute approximate surface area is 155 Å². The highest BCUT2D eigenvalue weighted by Crippen LogP contribution is 2.59.